The Morgan fingerprint density at radius 3 is 2.29 bits per heavy atom. The van der Waals surface area contributed by atoms with Crippen molar-refractivity contribution in [3.05, 3.63) is 0 Å². The zero-order chi connectivity index (χ0) is 4.99. The van der Waals surface area contributed by atoms with Gasteiger partial charge in [0.2, 0.25) is 0 Å². The number of aliphatic carboxylic acids is 1. The van der Waals surface area contributed by atoms with Crippen molar-refractivity contribution in [2.75, 3.05) is 13.6 Å². The second kappa shape index (κ2) is 6.43. The first-order valence-electron chi connectivity index (χ1n) is 1.63. The Morgan fingerprint density at radius 2 is 2.29 bits per heavy atom. The molecule has 0 amide bonds. The molecule has 7 heavy (non-hydrogen) atoms. The molecule has 0 saturated carbocycles. The van der Waals surface area contributed by atoms with E-state index in [-0.39, 0.29) is 36.1 Å². The van der Waals surface area contributed by atoms with E-state index in [1.54, 1.807) is 7.05 Å². The van der Waals surface area contributed by atoms with E-state index in [2.05, 4.69) is 5.32 Å². The van der Waals surface area contributed by atoms with Gasteiger partial charge in [-0.15, -0.1) is 0 Å². The van der Waals surface area contributed by atoms with Gasteiger partial charge in [-0.25, -0.2) is 0 Å². The van der Waals surface area contributed by atoms with Crippen LogP contribution in [-0.4, -0.2) is 54.2 Å². The molecule has 38 valence electrons. The van der Waals surface area contributed by atoms with E-state index in [1.807, 2.05) is 0 Å². The molecule has 0 fully saturated rings. The van der Waals surface area contributed by atoms with E-state index in [4.69, 9.17) is 5.11 Å². The first kappa shape index (κ1) is 10.4. The molecule has 0 saturated heterocycles. The van der Waals surface area contributed by atoms with Gasteiger partial charge in [-0.1, -0.05) is 0 Å². The zero-order valence-electron chi connectivity index (χ0n) is 3.56. The van der Waals surface area contributed by atoms with E-state index < -0.39 is 5.97 Å². The third-order valence-corrected chi connectivity index (χ3v) is 0.328. The molecule has 0 rings (SSSR count). The van der Waals surface area contributed by atoms with Crippen LogP contribution in [0.25, 0.3) is 0 Å². The summed E-state index contributed by atoms with van der Waals surface area (Å²) in [6.07, 6.45) is 0. The molecule has 0 aromatic carbocycles. The molecule has 0 heterocycles. The summed E-state index contributed by atoms with van der Waals surface area (Å²) in [5, 5.41) is 10.3. The summed E-state index contributed by atoms with van der Waals surface area (Å²) >= 11 is 0. The molecule has 0 aromatic rings. The summed E-state index contributed by atoms with van der Waals surface area (Å²) in [5.74, 6) is -0.822. The summed E-state index contributed by atoms with van der Waals surface area (Å²) in [6.45, 7) is 0.0417. The summed E-state index contributed by atoms with van der Waals surface area (Å²) < 4.78 is 0. The molecule has 0 unspecified atom stereocenters. The van der Waals surface area contributed by atoms with Crippen LogP contribution in [0, 0.1) is 0 Å². The number of hydrogen-bond acceptors (Lipinski definition) is 2. The Balaban J connectivity index is 0. The number of carbonyl (C=O) groups is 1. The molecular weight excluding hydrogens is 105 g/mol. The van der Waals surface area contributed by atoms with Crippen LogP contribution in [0.3, 0.4) is 0 Å². The monoisotopic (exact) mass is 113 g/mol. The van der Waals surface area contributed by atoms with Crippen LogP contribution in [0.15, 0.2) is 0 Å². The number of likely N-dealkylation sites (N-methyl/N-ethyl adjacent to an activating group) is 1. The molecule has 3 nitrogen and oxygen atoms in total. The van der Waals surface area contributed by atoms with Gasteiger partial charge in [-0.3, -0.25) is 4.79 Å². The van der Waals surface area contributed by atoms with Crippen LogP contribution in [0.4, 0.5) is 0 Å². The standard InChI is InChI=1S/C3H7NO2.Na.H/c1-4-2-3(5)6;;/h4H,2H2,1H3,(H,5,6);;. The van der Waals surface area contributed by atoms with Crippen LogP contribution in [0.5, 0.6) is 0 Å². The van der Waals surface area contributed by atoms with Crippen LogP contribution in [0.2, 0.25) is 0 Å². The summed E-state index contributed by atoms with van der Waals surface area (Å²) in [5.41, 5.74) is 0. The van der Waals surface area contributed by atoms with Gasteiger partial charge in [0.15, 0.2) is 0 Å². The third kappa shape index (κ3) is 10.7. The van der Waals surface area contributed by atoms with Gasteiger partial charge in [-0.05, 0) is 7.05 Å². The van der Waals surface area contributed by atoms with E-state index in [0.717, 1.165) is 0 Å². The van der Waals surface area contributed by atoms with E-state index in [0.29, 0.717) is 0 Å². The van der Waals surface area contributed by atoms with Crippen molar-refractivity contribution < 1.29 is 9.90 Å². The second-order valence-electron chi connectivity index (χ2n) is 0.924. The quantitative estimate of drug-likeness (QED) is 0.435. The van der Waals surface area contributed by atoms with Crippen LogP contribution >= 0.6 is 0 Å². The molecule has 2 N–H and O–H groups in total. The molecule has 0 aliphatic heterocycles. The Kier molecular flexibility index (Phi) is 9.57. The van der Waals surface area contributed by atoms with Crippen molar-refractivity contribution in [2.45, 2.75) is 0 Å². The molecule has 0 atom stereocenters. The van der Waals surface area contributed by atoms with Crippen molar-refractivity contribution in [1.29, 1.82) is 0 Å². The number of carboxylic acids is 1. The minimum atomic E-state index is -0.822. The summed E-state index contributed by atoms with van der Waals surface area (Å²) in [6, 6.07) is 0. The van der Waals surface area contributed by atoms with Crippen molar-refractivity contribution >= 4 is 35.5 Å². The van der Waals surface area contributed by atoms with Gasteiger partial charge < -0.3 is 10.4 Å². The molecule has 4 heteroatoms. The number of rotatable bonds is 2. The predicted molar refractivity (Wildman–Crippen MR) is 28.7 cm³/mol. The fraction of sp³-hybridized carbons (Fsp3) is 0.667. The number of carboxylic acid groups (broad SMARTS) is 1. The third-order valence-electron chi connectivity index (χ3n) is 0.328. The topological polar surface area (TPSA) is 49.3 Å². The van der Waals surface area contributed by atoms with Crippen LogP contribution < -0.4 is 5.32 Å². The van der Waals surface area contributed by atoms with E-state index >= 15 is 0 Å². The van der Waals surface area contributed by atoms with Gasteiger partial charge in [0.05, 0.1) is 6.54 Å². The molecular formula is C3H8NNaO2. The molecule has 0 aromatic heterocycles. The average Bonchev–Trinajstić information content (AvgIpc) is 1.35. The van der Waals surface area contributed by atoms with Gasteiger partial charge in [0.25, 0.3) is 0 Å². The van der Waals surface area contributed by atoms with Crippen molar-refractivity contribution in [2.24, 2.45) is 0 Å². The maximum atomic E-state index is 9.54. The zero-order valence-corrected chi connectivity index (χ0v) is 3.56. The van der Waals surface area contributed by atoms with E-state index in [9.17, 15) is 4.79 Å². The Morgan fingerprint density at radius 1 is 1.86 bits per heavy atom. The fourth-order valence-corrected chi connectivity index (χ4v) is 0.151. The average molecular weight is 113 g/mol. The molecule has 0 spiro atoms. The Bertz CT molecular complexity index is 56.9. The predicted octanol–water partition coefficient (Wildman–Crippen LogP) is -1.36. The van der Waals surface area contributed by atoms with Crippen molar-refractivity contribution in [3.8, 4) is 0 Å². The first-order chi connectivity index (χ1) is 2.77. The van der Waals surface area contributed by atoms with Gasteiger partial charge in [-0.2, -0.15) is 0 Å². The summed E-state index contributed by atoms with van der Waals surface area (Å²) in [4.78, 5) is 9.54. The van der Waals surface area contributed by atoms with Gasteiger partial charge in [0, 0.05) is 0 Å². The van der Waals surface area contributed by atoms with Gasteiger partial charge in [0.1, 0.15) is 0 Å². The van der Waals surface area contributed by atoms with Crippen LogP contribution in [0.1, 0.15) is 0 Å². The SMILES string of the molecule is CNCC(=O)O.[NaH]. The first-order valence-corrected chi connectivity index (χ1v) is 1.63. The molecule has 0 aliphatic rings. The molecule has 0 bridgehead atoms. The summed E-state index contributed by atoms with van der Waals surface area (Å²) in [7, 11) is 1.59. The Hall–Kier alpha value is 0.430. The Labute approximate surface area is 64.4 Å². The fourth-order valence-electron chi connectivity index (χ4n) is 0.151. The van der Waals surface area contributed by atoms with Crippen LogP contribution in [-0.2, 0) is 4.79 Å². The number of hydrogen-bond donors (Lipinski definition) is 2. The van der Waals surface area contributed by atoms with Crippen molar-refractivity contribution in [1.82, 2.24) is 5.32 Å². The van der Waals surface area contributed by atoms with E-state index in [1.165, 1.54) is 0 Å². The maximum absolute atomic E-state index is 9.54. The van der Waals surface area contributed by atoms with Crippen molar-refractivity contribution in [3.63, 3.8) is 0 Å². The van der Waals surface area contributed by atoms with Gasteiger partial charge >= 0.3 is 35.5 Å². The minimum absolute atomic E-state index is 0. The molecule has 0 aliphatic carbocycles. The normalized spacial score (nSPS) is 7.00. The number of nitrogens with one attached hydrogen (secondary N) is 1. The second-order valence-corrected chi connectivity index (χ2v) is 0.924. The molecule has 0 radical (unpaired) electrons.